The molecule has 1 atom stereocenters. The molecule has 0 N–H and O–H groups in total. The summed E-state index contributed by atoms with van der Waals surface area (Å²) in [6.45, 7) is 0.463. The second-order valence-corrected chi connectivity index (χ2v) is 5.26. The van der Waals surface area contributed by atoms with Crippen molar-refractivity contribution in [1.82, 2.24) is 0 Å². The number of ether oxygens (including phenoxy) is 1. The van der Waals surface area contributed by atoms with Crippen molar-refractivity contribution in [2.75, 3.05) is 25.2 Å². The predicted molar refractivity (Wildman–Crippen MR) is 65.1 cm³/mol. The van der Waals surface area contributed by atoms with E-state index in [0.29, 0.717) is 24.8 Å². The maximum atomic E-state index is 13.3. The molecular weight excluding hydrogens is 262 g/mol. The second-order valence-electron chi connectivity index (χ2n) is 3.68. The molecular formula is C12H14F2O3S. The Morgan fingerprint density at radius 2 is 2.11 bits per heavy atom. The van der Waals surface area contributed by atoms with Gasteiger partial charge in [-0.1, -0.05) is 0 Å². The summed E-state index contributed by atoms with van der Waals surface area (Å²) in [6.07, 6.45) is 0.572. The molecule has 6 heteroatoms. The van der Waals surface area contributed by atoms with Crippen molar-refractivity contribution < 1.29 is 22.5 Å². The minimum atomic E-state index is -1.36. The third kappa shape index (κ3) is 4.62. The van der Waals surface area contributed by atoms with Gasteiger partial charge < -0.3 is 4.74 Å². The summed E-state index contributed by atoms with van der Waals surface area (Å²) in [5.74, 6) is -2.18. The molecule has 3 nitrogen and oxygen atoms in total. The largest absolute Gasteiger partial charge is 0.385 e. The van der Waals surface area contributed by atoms with Gasteiger partial charge in [-0.2, -0.15) is 0 Å². The summed E-state index contributed by atoms with van der Waals surface area (Å²) < 4.78 is 42.2. The van der Waals surface area contributed by atoms with Crippen molar-refractivity contribution in [2.45, 2.75) is 6.42 Å². The van der Waals surface area contributed by atoms with Crippen LogP contribution in [0.3, 0.4) is 0 Å². The number of halogens is 2. The first-order chi connectivity index (χ1) is 8.54. The lowest BCUT2D eigenvalue weighted by molar-refractivity contribution is 0.101. The van der Waals surface area contributed by atoms with Gasteiger partial charge in [0.15, 0.2) is 5.78 Å². The Morgan fingerprint density at radius 1 is 1.39 bits per heavy atom. The summed E-state index contributed by atoms with van der Waals surface area (Å²) >= 11 is 0. The van der Waals surface area contributed by atoms with E-state index in [0.717, 1.165) is 12.1 Å². The monoisotopic (exact) mass is 276 g/mol. The van der Waals surface area contributed by atoms with E-state index in [1.54, 1.807) is 0 Å². The molecule has 0 aliphatic heterocycles. The second kappa shape index (κ2) is 7.33. The Kier molecular flexibility index (Phi) is 6.07. The number of carbonyl (C=O) groups is 1. The van der Waals surface area contributed by atoms with Crippen LogP contribution >= 0.6 is 0 Å². The van der Waals surface area contributed by atoms with Gasteiger partial charge in [0.2, 0.25) is 0 Å². The molecule has 1 unspecified atom stereocenters. The fraction of sp³-hybridized carbons (Fsp3) is 0.417. The summed E-state index contributed by atoms with van der Waals surface area (Å²) in [6, 6.07) is 2.71. The van der Waals surface area contributed by atoms with Crippen molar-refractivity contribution in [2.24, 2.45) is 0 Å². The Balaban J connectivity index is 2.57. The molecule has 0 heterocycles. The van der Waals surface area contributed by atoms with Gasteiger partial charge >= 0.3 is 0 Å². The smallest absolute Gasteiger partial charge is 0.178 e. The fourth-order valence-corrected chi connectivity index (χ4v) is 2.41. The third-order valence-corrected chi connectivity index (χ3v) is 3.57. The van der Waals surface area contributed by atoms with E-state index in [9.17, 15) is 17.8 Å². The molecule has 0 spiro atoms. The summed E-state index contributed by atoms with van der Waals surface area (Å²) in [5.41, 5.74) is -0.225. The van der Waals surface area contributed by atoms with E-state index in [1.807, 2.05) is 0 Å². The standard InChI is InChI=1S/C12H14F2O3S/c1-17-5-2-6-18(16)8-12(15)10-4-3-9(13)7-11(10)14/h3-4,7H,2,5-6,8H2,1H3. The average Bonchev–Trinajstić information content (AvgIpc) is 2.28. The molecule has 1 aromatic rings. The van der Waals surface area contributed by atoms with Gasteiger partial charge in [0, 0.05) is 36.3 Å². The van der Waals surface area contributed by atoms with Crippen molar-refractivity contribution in [3.05, 3.63) is 35.4 Å². The zero-order chi connectivity index (χ0) is 13.5. The summed E-state index contributed by atoms with van der Waals surface area (Å²) in [5, 5.41) is 0. The van der Waals surface area contributed by atoms with Gasteiger partial charge in [0.05, 0.1) is 11.3 Å². The lowest BCUT2D eigenvalue weighted by Crippen LogP contribution is -2.15. The first-order valence-electron chi connectivity index (χ1n) is 5.36. The topological polar surface area (TPSA) is 43.4 Å². The number of Topliss-reactive ketones (excluding diaryl/α,β-unsaturated/α-hetero) is 1. The van der Waals surface area contributed by atoms with E-state index in [1.165, 1.54) is 7.11 Å². The highest BCUT2D eigenvalue weighted by Gasteiger charge is 2.15. The van der Waals surface area contributed by atoms with Crippen LogP contribution in [-0.4, -0.2) is 35.2 Å². The van der Waals surface area contributed by atoms with Crippen LogP contribution in [0, 0.1) is 11.6 Å². The maximum Gasteiger partial charge on any atom is 0.178 e. The molecule has 1 aromatic carbocycles. The Morgan fingerprint density at radius 3 is 2.72 bits per heavy atom. The molecule has 0 saturated heterocycles. The number of benzene rings is 1. The molecule has 0 bridgehead atoms. The molecule has 18 heavy (non-hydrogen) atoms. The van der Waals surface area contributed by atoms with Gasteiger partial charge in [-0.3, -0.25) is 9.00 Å². The van der Waals surface area contributed by atoms with Crippen LogP contribution in [0.5, 0.6) is 0 Å². The van der Waals surface area contributed by atoms with E-state index < -0.39 is 28.2 Å². The molecule has 0 amide bonds. The zero-order valence-electron chi connectivity index (χ0n) is 9.95. The van der Waals surface area contributed by atoms with E-state index in [-0.39, 0.29) is 11.3 Å². The SMILES string of the molecule is COCCCS(=O)CC(=O)c1ccc(F)cc1F. The number of methoxy groups -OCH3 is 1. The summed E-state index contributed by atoms with van der Waals surface area (Å²) in [7, 11) is 0.174. The first kappa shape index (κ1) is 14.9. The minimum Gasteiger partial charge on any atom is -0.385 e. The number of hydrogen-bond acceptors (Lipinski definition) is 3. The van der Waals surface area contributed by atoms with Crippen LogP contribution < -0.4 is 0 Å². The molecule has 0 aromatic heterocycles. The molecule has 1 rings (SSSR count). The average molecular weight is 276 g/mol. The van der Waals surface area contributed by atoms with Crippen molar-refractivity contribution >= 4 is 16.6 Å². The van der Waals surface area contributed by atoms with Crippen molar-refractivity contribution in [3.8, 4) is 0 Å². The minimum absolute atomic E-state index is 0.225. The van der Waals surface area contributed by atoms with E-state index >= 15 is 0 Å². The van der Waals surface area contributed by atoms with Gasteiger partial charge in [-0.15, -0.1) is 0 Å². The van der Waals surface area contributed by atoms with Gasteiger partial charge in [-0.25, -0.2) is 8.78 Å². The third-order valence-electron chi connectivity index (χ3n) is 2.24. The van der Waals surface area contributed by atoms with Crippen LogP contribution in [0.2, 0.25) is 0 Å². The molecule has 0 fully saturated rings. The van der Waals surface area contributed by atoms with E-state index in [4.69, 9.17) is 4.74 Å². The Labute approximate surface area is 107 Å². The first-order valence-corrected chi connectivity index (χ1v) is 6.85. The van der Waals surface area contributed by atoms with Crippen molar-refractivity contribution in [1.29, 1.82) is 0 Å². The summed E-state index contributed by atoms with van der Waals surface area (Å²) in [4.78, 5) is 11.6. The van der Waals surface area contributed by atoms with Crippen LogP contribution in [0.15, 0.2) is 18.2 Å². The predicted octanol–water partition coefficient (Wildman–Crippen LogP) is 1.93. The maximum absolute atomic E-state index is 13.3. The van der Waals surface area contributed by atoms with Crippen molar-refractivity contribution in [3.63, 3.8) is 0 Å². The van der Waals surface area contributed by atoms with Gasteiger partial charge in [0.1, 0.15) is 11.6 Å². The normalized spacial score (nSPS) is 12.4. The Bertz CT molecular complexity index is 449. The number of hydrogen-bond donors (Lipinski definition) is 0. The lowest BCUT2D eigenvalue weighted by Gasteiger charge is -2.03. The highest BCUT2D eigenvalue weighted by Crippen LogP contribution is 2.11. The molecule has 0 aliphatic rings. The Hall–Kier alpha value is -1.14. The number of carbonyl (C=O) groups excluding carboxylic acids is 1. The molecule has 0 radical (unpaired) electrons. The number of rotatable bonds is 7. The number of ketones is 1. The quantitative estimate of drug-likeness (QED) is 0.564. The van der Waals surface area contributed by atoms with Gasteiger partial charge in [-0.05, 0) is 18.6 Å². The van der Waals surface area contributed by atoms with Crippen LogP contribution in [0.4, 0.5) is 8.78 Å². The van der Waals surface area contributed by atoms with Crippen LogP contribution in [0.25, 0.3) is 0 Å². The highest BCUT2D eigenvalue weighted by molar-refractivity contribution is 7.85. The zero-order valence-corrected chi connectivity index (χ0v) is 10.8. The molecule has 100 valence electrons. The highest BCUT2D eigenvalue weighted by atomic mass is 32.2. The van der Waals surface area contributed by atoms with Crippen LogP contribution in [-0.2, 0) is 15.5 Å². The molecule has 0 aliphatic carbocycles. The molecule has 0 saturated carbocycles. The van der Waals surface area contributed by atoms with Gasteiger partial charge in [0.25, 0.3) is 0 Å². The lowest BCUT2D eigenvalue weighted by atomic mass is 10.1. The fourth-order valence-electron chi connectivity index (χ4n) is 1.38. The van der Waals surface area contributed by atoms with E-state index in [2.05, 4.69) is 0 Å². The van der Waals surface area contributed by atoms with Crippen LogP contribution in [0.1, 0.15) is 16.8 Å².